The van der Waals surface area contributed by atoms with E-state index in [0.29, 0.717) is 19.9 Å². The quantitative estimate of drug-likeness (QED) is 0.353. The number of hydrogen-bond acceptors (Lipinski definition) is 6. The Hall–Kier alpha value is -3.80. The summed E-state index contributed by atoms with van der Waals surface area (Å²) < 4.78 is 115. The SMILES string of the molecule is Cn1cc2c(c1C(=O)Nc1ccc(F)c(C(F)F)c1)OCC1[C@H](CCN1C(=O)C(=O)NC(C)(C)C(F)(F)F)NS2(=O)=O. The molecule has 0 bridgehead atoms. The van der Waals surface area contributed by atoms with Crippen LogP contribution in [0, 0.1) is 5.82 Å². The molecule has 3 amide bonds. The highest BCUT2D eigenvalue weighted by atomic mass is 32.2. The van der Waals surface area contributed by atoms with Gasteiger partial charge in [-0.05, 0) is 38.5 Å². The van der Waals surface area contributed by atoms with Gasteiger partial charge in [-0.15, -0.1) is 0 Å². The van der Waals surface area contributed by atoms with Gasteiger partial charge in [0.25, 0.3) is 12.3 Å². The Morgan fingerprint density at radius 2 is 1.83 bits per heavy atom. The van der Waals surface area contributed by atoms with Gasteiger partial charge >= 0.3 is 18.0 Å². The fourth-order valence-corrected chi connectivity index (χ4v) is 6.07. The first-order valence-corrected chi connectivity index (χ1v) is 13.8. The van der Waals surface area contributed by atoms with Crippen molar-refractivity contribution in [2.24, 2.45) is 7.05 Å². The molecule has 11 nitrogen and oxygen atoms in total. The maximum atomic E-state index is 13.7. The van der Waals surface area contributed by atoms with E-state index in [2.05, 4.69) is 10.0 Å². The number of benzene rings is 1. The zero-order valence-corrected chi connectivity index (χ0v) is 23.0. The fourth-order valence-electron chi connectivity index (χ4n) is 4.57. The predicted molar refractivity (Wildman–Crippen MR) is 133 cm³/mol. The van der Waals surface area contributed by atoms with Crippen molar-refractivity contribution < 1.29 is 53.9 Å². The molecule has 2 aliphatic rings. The number of amides is 3. The third kappa shape index (κ3) is 5.77. The number of fused-ring (bicyclic) bond motifs is 2. The van der Waals surface area contributed by atoms with Crippen molar-refractivity contribution in [2.45, 2.75) is 55.4 Å². The van der Waals surface area contributed by atoms with Crippen LogP contribution in [0.4, 0.5) is 32.0 Å². The highest BCUT2D eigenvalue weighted by molar-refractivity contribution is 7.89. The number of alkyl halides is 5. The number of ether oxygens (including phenoxy) is 1. The van der Waals surface area contributed by atoms with Gasteiger partial charge in [-0.25, -0.2) is 26.3 Å². The molecule has 3 N–H and O–H groups in total. The molecule has 2 atom stereocenters. The van der Waals surface area contributed by atoms with E-state index in [4.69, 9.17) is 4.74 Å². The number of nitrogens with zero attached hydrogens (tertiary/aromatic N) is 2. The standard InChI is InChI=1S/C24H25F6N5O6S/c1-23(2,24(28,29)30)32-21(37)22(38)35-7-6-14-15(35)10-41-18-16(42(39,40)33-14)9-34(3)17(18)20(36)31-11-4-5-13(25)12(8-11)19(26)27/h4-5,8-9,14-15,19,33H,6-7,10H2,1-3H3,(H,31,36)(H,32,37)/t14-,15?/m0/s1. The molecule has 1 fully saturated rings. The maximum absolute atomic E-state index is 13.7. The summed E-state index contributed by atoms with van der Waals surface area (Å²) in [7, 11) is -3.11. The Labute approximate surface area is 235 Å². The van der Waals surface area contributed by atoms with Crippen LogP contribution in [0.25, 0.3) is 0 Å². The van der Waals surface area contributed by atoms with Crippen LogP contribution >= 0.6 is 0 Å². The Bertz CT molecular complexity index is 1540. The molecular formula is C24H25F6N5O6S. The lowest BCUT2D eigenvalue weighted by Gasteiger charge is -2.32. The number of nitrogens with one attached hydrogen (secondary N) is 3. The predicted octanol–water partition coefficient (Wildman–Crippen LogP) is 2.45. The van der Waals surface area contributed by atoms with Crippen molar-refractivity contribution in [1.29, 1.82) is 0 Å². The van der Waals surface area contributed by atoms with Crippen LogP contribution < -0.4 is 20.1 Å². The van der Waals surface area contributed by atoms with E-state index in [1.54, 1.807) is 5.32 Å². The average molecular weight is 626 g/mol. The van der Waals surface area contributed by atoms with Crippen LogP contribution in [0.5, 0.6) is 5.75 Å². The summed E-state index contributed by atoms with van der Waals surface area (Å²) in [6.07, 6.45) is -6.98. The van der Waals surface area contributed by atoms with E-state index >= 15 is 0 Å². The molecule has 3 heterocycles. The molecule has 4 rings (SSSR count). The van der Waals surface area contributed by atoms with Gasteiger partial charge in [0.05, 0.1) is 11.6 Å². The number of sulfonamides is 1. The van der Waals surface area contributed by atoms with Crippen molar-refractivity contribution in [3.63, 3.8) is 0 Å². The summed E-state index contributed by atoms with van der Waals surface area (Å²) in [5.41, 5.74) is -4.31. The molecule has 0 spiro atoms. The number of anilines is 1. The van der Waals surface area contributed by atoms with Crippen LogP contribution in [-0.4, -0.2) is 72.6 Å². The molecule has 18 heteroatoms. The minimum absolute atomic E-state index is 0.00148. The summed E-state index contributed by atoms with van der Waals surface area (Å²) in [4.78, 5) is 38.9. The lowest BCUT2D eigenvalue weighted by atomic mass is 10.1. The third-order valence-corrected chi connectivity index (χ3v) is 8.42. The van der Waals surface area contributed by atoms with Crippen molar-refractivity contribution in [2.75, 3.05) is 18.5 Å². The Kier molecular flexibility index (Phi) is 8.00. The molecule has 1 aromatic heterocycles. The number of carbonyl (C=O) groups is 3. The number of aryl methyl sites for hydroxylation is 1. The van der Waals surface area contributed by atoms with Crippen molar-refractivity contribution in [3.05, 3.63) is 41.5 Å². The Balaban J connectivity index is 1.61. The molecule has 2 aliphatic heterocycles. The zero-order valence-electron chi connectivity index (χ0n) is 22.2. The smallest absolute Gasteiger partial charge is 0.410 e. The summed E-state index contributed by atoms with van der Waals surface area (Å²) in [5.74, 6) is -5.59. The molecule has 0 saturated carbocycles. The number of likely N-dealkylation sites (tertiary alicyclic amines) is 1. The highest BCUT2D eigenvalue weighted by Gasteiger charge is 2.51. The summed E-state index contributed by atoms with van der Waals surface area (Å²) >= 11 is 0. The van der Waals surface area contributed by atoms with E-state index in [0.717, 1.165) is 27.8 Å². The molecule has 1 saturated heterocycles. The van der Waals surface area contributed by atoms with Crippen LogP contribution in [0.2, 0.25) is 0 Å². The van der Waals surface area contributed by atoms with Gasteiger partial charge < -0.3 is 24.8 Å². The van der Waals surface area contributed by atoms with Gasteiger partial charge in [-0.2, -0.15) is 13.2 Å². The normalized spacial score (nSPS) is 20.2. The summed E-state index contributed by atoms with van der Waals surface area (Å²) in [6.45, 7) is 0.671. The molecule has 42 heavy (non-hydrogen) atoms. The average Bonchev–Trinajstić information content (AvgIpc) is 3.41. The van der Waals surface area contributed by atoms with E-state index in [-0.39, 0.29) is 24.3 Å². The first-order valence-electron chi connectivity index (χ1n) is 12.3. The molecule has 230 valence electrons. The van der Waals surface area contributed by atoms with Crippen LogP contribution in [-0.2, 0) is 26.7 Å². The largest absolute Gasteiger partial charge is 0.487 e. The lowest BCUT2D eigenvalue weighted by molar-refractivity contribution is -0.189. The van der Waals surface area contributed by atoms with Crippen molar-refractivity contribution >= 4 is 33.4 Å². The molecular weight excluding hydrogens is 600 g/mol. The maximum Gasteiger partial charge on any atom is 0.410 e. The molecule has 2 aromatic rings. The molecule has 1 aromatic carbocycles. The third-order valence-electron chi connectivity index (χ3n) is 6.94. The summed E-state index contributed by atoms with van der Waals surface area (Å²) in [5, 5.41) is 3.91. The van der Waals surface area contributed by atoms with Gasteiger partial charge in [0, 0.05) is 31.5 Å². The second-order valence-corrected chi connectivity index (χ2v) is 11.9. The minimum Gasteiger partial charge on any atom is -0.487 e. The second kappa shape index (κ2) is 10.8. The van der Waals surface area contributed by atoms with E-state index in [1.807, 2.05) is 0 Å². The molecule has 0 radical (unpaired) electrons. The summed E-state index contributed by atoms with van der Waals surface area (Å²) in [6, 6.07) is 0.307. The second-order valence-electron chi connectivity index (χ2n) is 10.2. The first-order chi connectivity index (χ1) is 19.3. The monoisotopic (exact) mass is 625 g/mol. The first kappa shape index (κ1) is 31.1. The van der Waals surface area contributed by atoms with Crippen molar-refractivity contribution in [1.82, 2.24) is 19.5 Å². The van der Waals surface area contributed by atoms with Gasteiger partial charge in [0.2, 0.25) is 10.0 Å². The highest BCUT2D eigenvalue weighted by Crippen LogP contribution is 2.35. The van der Waals surface area contributed by atoms with Crippen LogP contribution in [0.3, 0.4) is 0 Å². The van der Waals surface area contributed by atoms with E-state index in [1.165, 1.54) is 7.05 Å². The van der Waals surface area contributed by atoms with E-state index < -0.39 is 86.6 Å². The van der Waals surface area contributed by atoms with Crippen LogP contribution in [0.1, 0.15) is 42.7 Å². The number of halogens is 6. The van der Waals surface area contributed by atoms with Crippen LogP contribution in [0.15, 0.2) is 29.3 Å². The van der Waals surface area contributed by atoms with E-state index in [9.17, 15) is 49.1 Å². The number of aromatic nitrogens is 1. The topological polar surface area (TPSA) is 139 Å². The number of rotatable bonds is 4. The molecule has 1 unspecified atom stereocenters. The van der Waals surface area contributed by atoms with Gasteiger partial charge in [0.15, 0.2) is 11.4 Å². The van der Waals surface area contributed by atoms with Crippen molar-refractivity contribution in [3.8, 4) is 5.75 Å². The van der Waals surface area contributed by atoms with Gasteiger partial charge in [-0.3, -0.25) is 14.4 Å². The minimum atomic E-state index is -4.87. The Morgan fingerprint density at radius 1 is 1.17 bits per heavy atom. The number of hydrogen-bond donors (Lipinski definition) is 3. The van der Waals surface area contributed by atoms with Gasteiger partial charge in [-0.1, -0.05) is 0 Å². The molecule has 0 aliphatic carbocycles. The lowest BCUT2D eigenvalue weighted by Crippen LogP contribution is -2.59. The number of carbonyl (C=O) groups excluding carboxylic acids is 3. The Morgan fingerprint density at radius 3 is 2.45 bits per heavy atom. The fraction of sp³-hybridized carbons (Fsp3) is 0.458. The zero-order chi connectivity index (χ0) is 31.4. The van der Waals surface area contributed by atoms with Gasteiger partial charge in [0.1, 0.15) is 22.9 Å².